The van der Waals surface area contributed by atoms with Gasteiger partial charge in [-0.1, -0.05) is 17.7 Å². The van der Waals surface area contributed by atoms with Gasteiger partial charge in [0.05, 0.1) is 0 Å². The molecule has 1 aromatic rings. The van der Waals surface area contributed by atoms with Gasteiger partial charge in [0.15, 0.2) is 0 Å². The smallest absolute Gasteiger partial charge is 0.246 e. The molecule has 4 heteroatoms. The zero-order chi connectivity index (χ0) is 14.3. The lowest BCUT2D eigenvalue weighted by Crippen LogP contribution is -2.57. The van der Waals surface area contributed by atoms with E-state index in [4.69, 9.17) is 0 Å². The first-order valence-corrected chi connectivity index (χ1v) is 7.24. The van der Waals surface area contributed by atoms with E-state index in [0.717, 1.165) is 18.5 Å². The summed E-state index contributed by atoms with van der Waals surface area (Å²) in [6.07, 6.45) is 1.97. The molecule has 1 saturated carbocycles. The van der Waals surface area contributed by atoms with Crippen molar-refractivity contribution in [1.29, 1.82) is 0 Å². The molecule has 0 spiro atoms. The standard InChI is InChI=1S/C16H20N2O2/c1-11-3-7-14(8-4-11)18-9-12(2)17(10-15(18)19)16(20)13-5-6-13/h3-4,7-8,12-13H,5-6,9-10H2,1-2H3/t12-/m1/s1. The quantitative estimate of drug-likeness (QED) is 0.826. The summed E-state index contributed by atoms with van der Waals surface area (Å²) >= 11 is 0. The van der Waals surface area contributed by atoms with Crippen LogP contribution in [0.1, 0.15) is 25.3 Å². The molecule has 0 N–H and O–H groups in total. The van der Waals surface area contributed by atoms with Crippen LogP contribution in [0.4, 0.5) is 5.69 Å². The van der Waals surface area contributed by atoms with Crippen molar-refractivity contribution in [2.75, 3.05) is 18.0 Å². The largest absolute Gasteiger partial charge is 0.329 e. The number of piperazine rings is 1. The van der Waals surface area contributed by atoms with E-state index in [2.05, 4.69) is 0 Å². The Bertz CT molecular complexity index is 534. The van der Waals surface area contributed by atoms with Gasteiger partial charge in [-0.2, -0.15) is 0 Å². The van der Waals surface area contributed by atoms with Gasteiger partial charge in [0.2, 0.25) is 11.8 Å². The number of aryl methyl sites for hydroxylation is 1. The number of hydrogen-bond donors (Lipinski definition) is 0. The fourth-order valence-corrected chi connectivity index (χ4v) is 2.69. The topological polar surface area (TPSA) is 40.6 Å². The van der Waals surface area contributed by atoms with Crippen molar-refractivity contribution in [1.82, 2.24) is 4.90 Å². The van der Waals surface area contributed by atoms with E-state index < -0.39 is 0 Å². The Hall–Kier alpha value is -1.84. The Labute approximate surface area is 119 Å². The van der Waals surface area contributed by atoms with Gasteiger partial charge in [-0.05, 0) is 38.8 Å². The van der Waals surface area contributed by atoms with E-state index in [-0.39, 0.29) is 30.3 Å². The molecule has 4 nitrogen and oxygen atoms in total. The predicted octanol–water partition coefficient (Wildman–Crippen LogP) is 1.97. The van der Waals surface area contributed by atoms with E-state index >= 15 is 0 Å². The van der Waals surface area contributed by atoms with Crippen LogP contribution in [0.15, 0.2) is 24.3 Å². The first kappa shape index (κ1) is 13.2. The lowest BCUT2D eigenvalue weighted by Gasteiger charge is -2.39. The molecule has 0 radical (unpaired) electrons. The average Bonchev–Trinajstić information content (AvgIpc) is 3.26. The Morgan fingerprint density at radius 1 is 1.20 bits per heavy atom. The van der Waals surface area contributed by atoms with E-state index in [0.29, 0.717) is 6.54 Å². The number of anilines is 1. The molecule has 1 heterocycles. The van der Waals surface area contributed by atoms with Gasteiger partial charge < -0.3 is 9.80 Å². The third-order valence-electron chi connectivity index (χ3n) is 4.14. The van der Waals surface area contributed by atoms with Crippen LogP contribution in [0.5, 0.6) is 0 Å². The van der Waals surface area contributed by atoms with Crippen LogP contribution >= 0.6 is 0 Å². The van der Waals surface area contributed by atoms with Gasteiger partial charge in [0, 0.05) is 24.2 Å². The number of amides is 2. The first-order chi connectivity index (χ1) is 9.56. The Morgan fingerprint density at radius 2 is 1.85 bits per heavy atom. The van der Waals surface area contributed by atoms with E-state index in [1.54, 1.807) is 9.80 Å². The molecule has 2 fully saturated rings. The summed E-state index contributed by atoms with van der Waals surface area (Å²) in [6, 6.07) is 8.04. The normalized spacial score (nSPS) is 23.1. The maximum Gasteiger partial charge on any atom is 0.246 e. The molecule has 0 unspecified atom stereocenters. The highest BCUT2D eigenvalue weighted by molar-refractivity contribution is 5.98. The molecule has 1 atom stereocenters. The number of carbonyl (C=O) groups is 2. The third-order valence-corrected chi connectivity index (χ3v) is 4.14. The van der Waals surface area contributed by atoms with Crippen molar-refractivity contribution in [2.24, 2.45) is 5.92 Å². The molecule has 3 rings (SSSR count). The van der Waals surface area contributed by atoms with E-state index in [9.17, 15) is 9.59 Å². The van der Waals surface area contributed by atoms with Crippen LogP contribution in [-0.2, 0) is 9.59 Å². The minimum Gasteiger partial charge on any atom is -0.329 e. The number of rotatable bonds is 2. The summed E-state index contributed by atoms with van der Waals surface area (Å²) < 4.78 is 0. The summed E-state index contributed by atoms with van der Waals surface area (Å²) in [5, 5.41) is 0. The highest BCUT2D eigenvalue weighted by atomic mass is 16.2. The highest BCUT2D eigenvalue weighted by Crippen LogP contribution is 2.32. The first-order valence-electron chi connectivity index (χ1n) is 7.24. The van der Waals surface area contributed by atoms with Crippen molar-refractivity contribution in [3.05, 3.63) is 29.8 Å². The number of carbonyl (C=O) groups excluding carboxylic acids is 2. The second-order valence-corrected chi connectivity index (χ2v) is 5.93. The van der Waals surface area contributed by atoms with Crippen molar-refractivity contribution in [3.8, 4) is 0 Å². The van der Waals surface area contributed by atoms with Gasteiger partial charge in [0.1, 0.15) is 6.54 Å². The second-order valence-electron chi connectivity index (χ2n) is 5.93. The number of benzene rings is 1. The van der Waals surface area contributed by atoms with Crippen LogP contribution < -0.4 is 4.90 Å². The highest BCUT2D eigenvalue weighted by Gasteiger charge is 2.39. The zero-order valence-electron chi connectivity index (χ0n) is 12.0. The maximum atomic E-state index is 12.3. The van der Waals surface area contributed by atoms with Crippen molar-refractivity contribution < 1.29 is 9.59 Å². The number of nitrogens with zero attached hydrogens (tertiary/aromatic N) is 2. The molecular weight excluding hydrogens is 252 g/mol. The Morgan fingerprint density at radius 3 is 2.45 bits per heavy atom. The maximum absolute atomic E-state index is 12.3. The van der Waals surface area contributed by atoms with E-state index in [1.165, 1.54) is 5.56 Å². The predicted molar refractivity (Wildman–Crippen MR) is 77.4 cm³/mol. The lowest BCUT2D eigenvalue weighted by molar-refractivity contribution is -0.140. The summed E-state index contributed by atoms with van der Waals surface area (Å²) in [4.78, 5) is 28.0. The monoisotopic (exact) mass is 272 g/mol. The van der Waals surface area contributed by atoms with Gasteiger partial charge in [0.25, 0.3) is 0 Å². The Kier molecular flexibility index (Phi) is 3.24. The SMILES string of the molecule is Cc1ccc(N2C[C@@H](C)N(C(=O)C3CC3)CC2=O)cc1. The van der Waals surface area contributed by atoms with Crippen molar-refractivity contribution in [3.63, 3.8) is 0 Å². The molecule has 1 saturated heterocycles. The van der Waals surface area contributed by atoms with Gasteiger partial charge >= 0.3 is 0 Å². The second kappa shape index (κ2) is 4.93. The molecule has 106 valence electrons. The zero-order valence-corrected chi connectivity index (χ0v) is 12.0. The van der Waals surface area contributed by atoms with Crippen LogP contribution in [0, 0.1) is 12.8 Å². The van der Waals surface area contributed by atoms with Gasteiger partial charge in [-0.3, -0.25) is 9.59 Å². The third kappa shape index (κ3) is 2.42. The molecule has 1 aliphatic heterocycles. The van der Waals surface area contributed by atoms with Gasteiger partial charge in [-0.25, -0.2) is 0 Å². The fourth-order valence-electron chi connectivity index (χ4n) is 2.69. The van der Waals surface area contributed by atoms with Crippen molar-refractivity contribution in [2.45, 2.75) is 32.7 Å². The van der Waals surface area contributed by atoms with Crippen LogP contribution in [-0.4, -0.2) is 35.8 Å². The molecular formula is C16H20N2O2. The molecule has 0 aromatic heterocycles. The Balaban J connectivity index is 1.75. The van der Waals surface area contributed by atoms with Crippen LogP contribution in [0.25, 0.3) is 0 Å². The summed E-state index contributed by atoms with van der Waals surface area (Å²) in [7, 11) is 0. The molecule has 2 amide bonds. The lowest BCUT2D eigenvalue weighted by atomic mass is 10.1. The van der Waals surface area contributed by atoms with Crippen LogP contribution in [0.2, 0.25) is 0 Å². The molecule has 2 aliphatic rings. The van der Waals surface area contributed by atoms with Gasteiger partial charge in [-0.15, -0.1) is 0 Å². The minimum atomic E-state index is 0.0148. The summed E-state index contributed by atoms with van der Waals surface area (Å²) in [5.41, 5.74) is 2.10. The molecule has 0 bridgehead atoms. The molecule has 1 aliphatic carbocycles. The fraction of sp³-hybridized carbons (Fsp3) is 0.500. The van der Waals surface area contributed by atoms with Crippen LogP contribution in [0.3, 0.4) is 0 Å². The summed E-state index contributed by atoms with van der Waals surface area (Å²) in [5.74, 6) is 0.353. The minimum absolute atomic E-state index is 0.0148. The van der Waals surface area contributed by atoms with Crippen molar-refractivity contribution >= 4 is 17.5 Å². The molecule has 1 aromatic carbocycles. The molecule has 20 heavy (non-hydrogen) atoms. The summed E-state index contributed by atoms with van der Waals surface area (Å²) in [6.45, 7) is 4.85. The average molecular weight is 272 g/mol. The van der Waals surface area contributed by atoms with E-state index in [1.807, 2.05) is 38.1 Å². The number of hydrogen-bond acceptors (Lipinski definition) is 2.